The summed E-state index contributed by atoms with van der Waals surface area (Å²) in [7, 11) is 0. The number of β-amino-alcohol motifs (C(OH)–C–C–N with tert-alkyl or cyclic N) is 1. The first kappa shape index (κ1) is 24.5. The number of carbonyl (C=O) groups is 1. The third-order valence-electron chi connectivity index (χ3n) is 5.79. The fraction of sp³-hybridized carbons (Fsp3) is 0.950. The van der Waals surface area contributed by atoms with Gasteiger partial charge in [0, 0.05) is 32.7 Å². The van der Waals surface area contributed by atoms with Crippen LogP contribution in [0, 0.1) is 11.3 Å². The second-order valence-electron chi connectivity index (χ2n) is 8.81. The Labute approximate surface area is 171 Å². The number of aliphatic hydroxyl groups excluding tert-OH is 1. The number of hydrogen-bond donors (Lipinski definition) is 1. The second-order valence-corrected chi connectivity index (χ2v) is 8.81. The van der Waals surface area contributed by atoms with Crippen LogP contribution in [0.2, 0.25) is 0 Å². The lowest BCUT2D eigenvalue weighted by molar-refractivity contribution is -0.0469. The summed E-state index contributed by atoms with van der Waals surface area (Å²) in [6.45, 7) is 13.1. The number of amides is 1. The van der Waals surface area contributed by atoms with Crippen molar-refractivity contribution in [1.82, 2.24) is 9.80 Å². The van der Waals surface area contributed by atoms with Crippen LogP contribution in [0.5, 0.6) is 0 Å². The number of hydrogen-bond acceptors (Lipinski definition) is 5. The van der Waals surface area contributed by atoms with E-state index < -0.39 is 6.10 Å². The minimum atomic E-state index is -0.468. The van der Waals surface area contributed by atoms with Crippen LogP contribution in [-0.2, 0) is 9.47 Å². The van der Waals surface area contributed by atoms with E-state index in [1.165, 1.54) is 12.8 Å². The van der Waals surface area contributed by atoms with Gasteiger partial charge in [0.2, 0.25) is 0 Å². The van der Waals surface area contributed by atoms with Gasteiger partial charge in [0.15, 0.2) is 0 Å². The number of piperazine rings is 1. The smallest absolute Gasteiger partial charge is 0.409 e. The topological polar surface area (TPSA) is 62.2 Å². The molecule has 1 unspecified atom stereocenters. The van der Waals surface area contributed by atoms with Gasteiger partial charge in [-0.05, 0) is 43.9 Å². The Morgan fingerprint density at radius 1 is 1.11 bits per heavy atom. The summed E-state index contributed by atoms with van der Waals surface area (Å²) in [6, 6.07) is 0. The van der Waals surface area contributed by atoms with Crippen LogP contribution < -0.4 is 0 Å². The van der Waals surface area contributed by atoms with E-state index in [1.807, 2.05) is 6.92 Å². The highest BCUT2D eigenvalue weighted by Gasteiger charge is 2.30. The largest absolute Gasteiger partial charge is 0.450 e. The van der Waals surface area contributed by atoms with Gasteiger partial charge in [0.25, 0.3) is 0 Å². The zero-order valence-corrected chi connectivity index (χ0v) is 18.3. The van der Waals surface area contributed by atoms with Crippen LogP contribution in [0.1, 0.15) is 53.4 Å². The predicted octanol–water partition coefficient (Wildman–Crippen LogP) is 3.16. The molecule has 0 bridgehead atoms. The summed E-state index contributed by atoms with van der Waals surface area (Å²) < 4.78 is 11.0. The van der Waals surface area contributed by atoms with Crippen molar-refractivity contribution < 1.29 is 19.4 Å². The maximum absolute atomic E-state index is 11.7. The van der Waals surface area contributed by atoms with Gasteiger partial charge < -0.3 is 19.5 Å². The Morgan fingerprint density at radius 2 is 1.70 bits per heavy atom. The van der Waals surface area contributed by atoms with Crippen molar-refractivity contribution in [2.24, 2.45) is 11.3 Å². The Kier molecular flexibility index (Phi) is 10.4. The fourth-order valence-electron chi connectivity index (χ4n) is 4.02. The van der Waals surface area contributed by atoms with Gasteiger partial charge in [-0.2, -0.15) is 0 Å². The van der Waals surface area contributed by atoms with E-state index in [0.29, 0.717) is 44.4 Å². The molecule has 1 heterocycles. The molecule has 1 aliphatic carbocycles. The van der Waals surface area contributed by atoms with Crippen LogP contribution in [0.15, 0.2) is 0 Å². The van der Waals surface area contributed by atoms with Gasteiger partial charge in [-0.25, -0.2) is 4.79 Å². The lowest BCUT2D eigenvalue weighted by atomic mass is 9.72. The monoisotopic (exact) mass is 406 g/mol. The maximum atomic E-state index is 11.7. The van der Waals surface area contributed by atoms with Crippen molar-refractivity contribution in [3.05, 3.63) is 0 Å². The van der Waals surface area contributed by atoms with Gasteiger partial charge in [-0.15, -0.1) is 12.4 Å². The summed E-state index contributed by atoms with van der Waals surface area (Å²) in [4.78, 5) is 15.6. The van der Waals surface area contributed by atoms with E-state index >= 15 is 0 Å². The third kappa shape index (κ3) is 8.14. The fourth-order valence-corrected chi connectivity index (χ4v) is 4.02. The molecule has 7 heteroatoms. The Balaban J connectivity index is 0.00000364. The van der Waals surface area contributed by atoms with Crippen molar-refractivity contribution >= 4 is 18.5 Å². The Bertz CT molecular complexity index is 428. The second kappa shape index (κ2) is 11.4. The van der Waals surface area contributed by atoms with E-state index in [2.05, 4.69) is 25.7 Å². The molecule has 0 aromatic heterocycles. The number of aliphatic hydroxyl groups is 1. The van der Waals surface area contributed by atoms with E-state index in [4.69, 9.17) is 9.47 Å². The summed E-state index contributed by atoms with van der Waals surface area (Å²) >= 11 is 0. The standard InChI is InChI=1S/C20H38N2O4.ClH/c1-5-25-19(24)22-12-10-21(11-13-22)14-17(23)15-26-18-8-6-16(7-9-18)20(2,3)4;/h16-18,23H,5-15H2,1-4H3;1H. The quantitative estimate of drug-likeness (QED) is 0.734. The molecule has 6 nitrogen and oxygen atoms in total. The molecular weight excluding hydrogens is 368 g/mol. The molecule has 1 amide bonds. The van der Waals surface area contributed by atoms with Crippen LogP contribution in [0.4, 0.5) is 4.79 Å². The van der Waals surface area contributed by atoms with Crippen LogP contribution in [0.25, 0.3) is 0 Å². The molecule has 1 aliphatic heterocycles. The van der Waals surface area contributed by atoms with Crippen molar-refractivity contribution in [1.29, 1.82) is 0 Å². The molecule has 160 valence electrons. The molecule has 1 saturated carbocycles. The van der Waals surface area contributed by atoms with Gasteiger partial charge in [-0.1, -0.05) is 20.8 Å². The average molecular weight is 407 g/mol. The lowest BCUT2D eigenvalue weighted by Crippen LogP contribution is -2.51. The summed E-state index contributed by atoms with van der Waals surface area (Å²) in [5.74, 6) is 0.781. The molecule has 1 atom stereocenters. The van der Waals surface area contributed by atoms with Crippen molar-refractivity contribution in [3.8, 4) is 0 Å². The maximum Gasteiger partial charge on any atom is 0.409 e. The highest BCUT2D eigenvalue weighted by atomic mass is 35.5. The molecule has 1 saturated heterocycles. The van der Waals surface area contributed by atoms with Crippen LogP contribution in [0.3, 0.4) is 0 Å². The summed E-state index contributed by atoms with van der Waals surface area (Å²) in [6.07, 6.45) is 4.25. The Hall–Kier alpha value is -0.560. The van der Waals surface area contributed by atoms with E-state index in [9.17, 15) is 9.90 Å². The molecule has 27 heavy (non-hydrogen) atoms. The average Bonchev–Trinajstić information content (AvgIpc) is 2.60. The highest BCUT2D eigenvalue weighted by molar-refractivity contribution is 5.85. The number of ether oxygens (including phenoxy) is 2. The summed E-state index contributed by atoms with van der Waals surface area (Å²) in [5.41, 5.74) is 0.385. The molecule has 0 spiro atoms. The van der Waals surface area contributed by atoms with Crippen molar-refractivity contribution in [2.75, 3.05) is 45.9 Å². The zero-order chi connectivity index (χ0) is 19.2. The minimum Gasteiger partial charge on any atom is -0.450 e. The minimum absolute atomic E-state index is 0. The van der Waals surface area contributed by atoms with Gasteiger partial charge in [0.05, 0.1) is 25.4 Å². The first-order valence-electron chi connectivity index (χ1n) is 10.2. The number of carbonyl (C=O) groups excluding carboxylic acids is 1. The summed E-state index contributed by atoms with van der Waals surface area (Å²) in [5, 5.41) is 10.3. The molecule has 0 aromatic carbocycles. The third-order valence-corrected chi connectivity index (χ3v) is 5.79. The molecule has 2 aliphatic rings. The van der Waals surface area contributed by atoms with Crippen molar-refractivity contribution in [3.63, 3.8) is 0 Å². The zero-order valence-electron chi connectivity index (χ0n) is 17.5. The molecule has 0 radical (unpaired) electrons. The molecular formula is C20H39ClN2O4. The normalized spacial score (nSPS) is 25.6. The number of halogens is 1. The van der Waals surface area contributed by atoms with Crippen LogP contribution in [-0.4, -0.2) is 79.1 Å². The lowest BCUT2D eigenvalue weighted by Gasteiger charge is -2.37. The van der Waals surface area contributed by atoms with Gasteiger partial charge >= 0.3 is 6.09 Å². The van der Waals surface area contributed by atoms with Gasteiger partial charge in [-0.3, -0.25) is 4.90 Å². The first-order chi connectivity index (χ1) is 12.3. The highest BCUT2D eigenvalue weighted by Crippen LogP contribution is 2.38. The number of nitrogens with zero attached hydrogens (tertiary/aromatic N) is 2. The van der Waals surface area contributed by atoms with Gasteiger partial charge in [0.1, 0.15) is 0 Å². The molecule has 0 aromatic rings. The molecule has 2 rings (SSSR count). The van der Waals surface area contributed by atoms with Crippen molar-refractivity contribution in [2.45, 2.75) is 65.6 Å². The Morgan fingerprint density at radius 3 is 2.22 bits per heavy atom. The predicted molar refractivity (Wildman–Crippen MR) is 109 cm³/mol. The molecule has 2 fully saturated rings. The molecule has 1 N–H and O–H groups in total. The van der Waals surface area contributed by atoms with Crippen LogP contribution >= 0.6 is 12.4 Å². The number of rotatable bonds is 6. The SMILES string of the molecule is CCOC(=O)N1CCN(CC(O)COC2CCC(C(C)(C)C)CC2)CC1.Cl. The van der Waals surface area contributed by atoms with E-state index in [-0.39, 0.29) is 18.5 Å². The van der Waals surface area contributed by atoms with E-state index in [1.54, 1.807) is 4.90 Å². The first-order valence-corrected chi connectivity index (χ1v) is 10.2. The van der Waals surface area contributed by atoms with E-state index in [0.717, 1.165) is 31.8 Å².